The van der Waals surface area contributed by atoms with Gasteiger partial charge in [-0.05, 0) is 24.3 Å². The van der Waals surface area contributed by atoms with Crippen LogP contribution in [-0.2, 0) is 0 Å². The SMILES string of the molecule is COc1ccsc1C(=O)NCCCCCCBr. The summed E-state index contributed by atoms with van der Waals surface area (Å²) in [6, 6.07) is 1.82. The molecule has 0 unspecified atom stereocenters. The number of hydrogen-bond donors (Lipinski definition) is 1. The third kappa shape index (κ3) is 5.08. The van der Waals surface area contributed by atoms with Crippen LogP contribution in [0.5, 0.6) is 5.75 Å². The molecule has 0 saturated heterocycles. The summed E-state index contributed by atoms with van der Waals surface area (Å²) < 4.78 is 5.11. The first-order valence-corrected chi connectivity index (χ1v) is 7.75. The highest BCUT2D eigenvalue weighted by atomic mass is 79.9. The molecule has 1 N–H and O–H groups in total. The zero-order valence-electron chi connectivity index (χ0n) is 10.0. The summed E-state index contributed by atoms with van der Waals surface area (Å²) in [5.41, 5.74) is 0. The van der Waals surface area contributed by atoms with Gasteiger partial charge in [0.1, 0.15) is 10.6 Å². The van der Waals surface area contributed by atoms with Crippen LogP contribution in [0, 0.1) is 0 Å². The Kier molecular flexibility index (Phi) is 7.28. The van der Waals surface area contributed by atoms with Gasteiger partial charge in [-0.15, -0.1) is 11.3 Å². The fourth-order valence-electron chi connectivity index (χ4n) is 1.48. The average Bonchev–Trinajstić information content (AvgIpc) is 2.81. The Labute approximate surface area is 115 Å². The third-order valence-electron chi connectivity index (χ3n) is 2.40. The van der Waals surface area contributed by atoms with E-state index in [1.165, 1.54) is 24.2 Å². The summed E-state index contributed by atoms with van der Waals surface area (Å²) in [6.07, 6.45) is 4.61. The zero-order chi connectivity index (χ0) is 12.5. The molecule has 1 amide bonds. The van der Waals surface area contributed by atoms with E-state index in [1.807, 2.05) is 11.4 Å². The van der Waals surface area contributed by atoms with Gasteiger partial charge in [-0.25, -0.2) is 0 Å². The standard InChI is InChI=1S/C12H18BrNO2S/c1-16-10-6-9-17-11(10)12(15)14-8-5-3-2-4-7-13/h6,9H,2-5,7-8H2,1H3,(H,14,15). The molecule has 0 fully saturated rings. The fourth-order valence-corrected chi connectivity index (χ4v) is 2.65. The lowest BCUT2D eigenvalue weighted by Gasteiger charge is -2.05. The molecule has 0 aromatic carbocycles. The van der Waals surface area contributed by atoms with Crippen LogP contribution in [-0.4, -0.2) is 24.9 Å². The van der Waals surface area contributed by atoms with E-state index in [9.17, 15) is 4.79 Å². The lowest BCUT2D eigenvalue weighted by atomic mass is 10.2. The van der Waals surface area contributed by atoms with E-state index >= 15 is 0 Å². The predicted octanol–water partition coefficient (Wildman–Crippen LogP) is 3.44. The molecule has 0 saturated carbocycles. The van der Waals surface area contributed by atoms with Crippen LogP contribution in [0.25, 0.3) is 0 Å². The number of halogens is 1. The smallest absolute Gasteiger partial charge is 0.265 e. The minimum absolute atomic E-state index is 0.0302. The fraction of sp³-hybridized carbons (Fsp3) is 0.583. The van der Waals surface area contributed by atoms with Gasteiger partial charge in [-0.3, -0.25) is 4.79 Å². The van der Waals surface area contributed by atoms with Crippen molar-refractivity contribution >= 4 is 33.2 Å². The van der Waals surface area contributed by atoms with Crippen LogP contribution in [0.4, 0.5) is 0 Å². The molecule has 0 aliphatic rings. The van der Waals surface area contributed by atoms with Crippen molar-refractivity contribution in [3.63, 3.8) is 0 Å². The van der Waals surface area contributed by atoms with E-state index in [0.717, 1.165) is 24.7 Å². The van der Waals surface area contributed by atoms with Crippen molar-refractivity contribution in [1.29, 1.82) is 0 Å². The van der Waals surface area contributed by atoms with Crippen LogP contribution in [0.1, 0.15) is 35.4 Å². The number of methoxy groups -OCH3 is 1. The molecule has 5 heteroatoms. The molecule has 3 nitrogen and oxygen atoms in total. The molecule has 0 atom stereocenters. The quantitative estimate of drug-likeness (QED) is 0.588. The number of thiophene rings is 1. The summed E-state index contributed by atoms with van der Waals surface area (Å²) in [5, 5.41) is 5.84. The second kappa shape index (κ2) is 8.53. The largest absolute Gasteiger partial charge is 0.495 e. The number of nitrogens with one attached hydrogen (secondary N) is 1. The van der Waals surface area contributed by atoms with E-state index in [2.05, 4.69) is 21.2 Å². The molecular weight excluding hydrogens is 302 g/mol. The van der Waals surface area contributed by atoms with Gasteiger partial charge in [0.05, 0.1) is 7.11 Å². The van der Waals surface area contributed by atoms with Crippen molar-refractivity contribution in [2.45, 2.75) is 25.7 Å². The maximum Gasteiger partial charge on any atom is 0.265 e. The van der Waals surface area contributed by atoms with Crippen molar-refractivity contribution in [1.82, 2.24) is 5.32 Å². The van der Waals surface area contributed by atoms with Gasteiger partial charge in [-0.1, -0.05) is 28.8 Å². The van der Waals surface area contributed by atoms with Crippen molar-refractivity contribution in [3.05, 3.63) is 16.3 Å². The Morgan fingerprint density at radius 2 is 2.18 bits per heavy atom. The van der Waals surface area contributed by atoms with Crippen LogP contribution < -0.4 is 10.1 Å². The monoisotopic (exact) mass is 319 g/mol. The van der Waals surface area contributed by atoms with E-state index < -0.39 is 0 Å². The van der Waals surface area contributed by atoms with Crippen molar-refractivity contribution < 1.29 is 9.53 Å². The minimum Gasteiger partial charge on any atom is -0.495 e. The van der Waals surface area contributed by atoms with E-state index in [1.54, 1.807) is 7.11 Å². The first-order valence-electron chi connectivity index (χ1n) is 5.75. The highest BCUT2D eigenvalue weighted by molar-refractivity contribution is 9.09. The maximum absolute atomic E-state index is 11.8. The summed E-state index contributed by atoms with van der Waals surface area (Å²) in [4.78, 5) is 12.4. The van der Waals surface area contributed by atoms with Crippen LogP contribution in [0.3, 0.4) is 0 Å². The molecule has 1 heterocycles. The molecule has 1 rings (SSSR count). The number of alkyl halides is 1. The third-order valence-corrected chi connectivity index (χ3v) is 3.86. The topological polar surface area (TPSA) is 38.3 Å². The van der Waals surface area contributed by atoms with Gasteiger partial charge >= 0.3 is 0 Å². The summed E-state index contributed by atoms with van der Waals surface area (Å²) >= 11 is 4.81. The van der Waals surface area contributed by atoms with Crippen LogP contribution in [0.15, 0.2) is 11.4 Å². The number of carbonyl (C=O) groups is 1. The van der Waals surface area contributed by atoms with Gasteiger partial charge in [0, 0.05) is 11.9 Å². The molecule has 1 aromatic heterocycles. The Morgan fingerprint density at radius 1 is 1.41 bits per heavy atom. The number of unbranched alkanes of at least 4 members (excludes halogenated alkanes) is 3. The number of carbonyl (C=O) groups excluding carboxylic acids is 1. The molecule has 0 aliphatic heterocycles. The highest BCUT2D eigenvalue weighted by Crippen LogP contribution is 2.23. The maximum atomic E-state index is 11.8. The van der Waals surface area contributed by atoms with Crippen molar-refractivity contribution in [3.8, 4) is 5.75 Å². The molecule has 17 heavy (non-hydrogen) atoms. The summed E-state index contributed by atoms with van der Waals surface area (Å²) in [7, 11) is 1.58. The zero-order valence-corrected chi connectivity index (χ0v) is 12.4. The molecule has 0 radical (unpaired) electrons. The second-order valence-electron chi connectivity index (χ2n) is 3.68. The Hall–Kier alpha value is -0.550. The van der Waals surface area contributed by atoms with Crippen LogP contribution >= 0.6 is 27.3 Å². The molecular formula is C12H18BrNO2S. The molecule has 0 spiro atoms. The lowest BCUT2D eigenvalue weighted by molar-refractivity contribution is 0.0954. The average molecular weight is 320 g/mol. The first-order chi connectivity index (χ1) is 8.29. The van der Waals surface area contributed by atoms with Gasteiger partial charge in [0.15, 0.2) is 0 Å². The summed E-state index contributed by atoms with van der Waals surface area (Å²) in [5.74, 6) is 0.629. The second-order valence-corrected chi connectivity index (χ2v) is 5.39. The molecule has 96 valence electrons. The first kappa shape index (κ1) is 14.5. The van der Waals surface area contributed by atoms with E-state index in [4.69, 9.17) is 4.74 Å². The molecule has 0 bridgehead atoms. The number of ether oxygens (including phenoxy) is 1. The van der Waals surface area contributed by atoms with Gasteiger partial charge in [0.2, 0.25) is 0 Å². The normalized spacial score (nSPS) is 10.2. The Bertz CT molecular complexity index is 341. The molecule has 1 aromatic rings. The Balaban J connectivity index is 2.21. The predicted molar refractivity (Wildman–Crippen MR) is 75.5 cm³/mol. The summed E-state index contributed by atoms with van der Waals surface area (Å²) in [6.45, 7) is 0.738. The molecule has 0 aliphatic carbocycles. The van der Waals surface area contributed by atoms with Gasteiger partial charge < -0.3 is 10.1 Å². The number of hydrogen-bond acceptors (Lipinski definition) is 3. The van der Waals surface area contributed by atoms with Crippen molar-refractivity contribution in [2.24, 2.45) is 0 Å². The Morgan fingerprint density at radius 3 is 2.88 bits per heavy atom. The van der Waals surface area contributed by atoms with E-state index in [-0.39, 0.29) is 5.91 Å². The van der Waals surface area contributed by atoms with E-state index in [0.29, 0.717) is 10.6 Å². The number of amides is 1. The minimum atomic E-state index is -0.0302. The number of rotatable bonds is 8. The van der Waals surface area contributed by atoms with Crippen molar-refractivity contribution in [2.75, 3.05) is 19.0 Å². The van der Waals surface area contributed by atoms with Crippen LogP contribution in [0.2, 0.25) is 0 Å². The lowest BCUT2D eigenvalue weighted by Crippen LogP contribution is -2.23. The van der Waals surface area contributed by atoms with Gasteiger partial charge in [0.25, 0.3) is 5.91 Å². The van der Waals surface area contributed by atoms with Gasteiger partial charge in [-0.2, -0.15) is 0 Å². The highest BCUT2D eigenvalue weighted by Gasteiger charge is 2.12.